The molecule has 0 spiro atoms. The Morgan fingerprint density at radius 2 is 1.73 bits per heavy atom. The fourth-order valence-corrected chi connectivity index (χ4v) is 3.62. The summed E-state index contributed by atoms with van der Waals surface area (Å²) in [6.07, 6.45) is 7.35. The number of rotatable bonds is 5. The molecule has 0 heterocycles. The molecular weight excluding hydrogens is 296 g/mol. The van der Waals surface area contributed by atoms with Gasteiger partial charge < -0.3 is 10.6 Å². The zero-order valence-electron chi connectivity index (χ0n) is 13.2. The van der Waals surface area contributed by atoms with Crippen LogP contribution in [0.25, 0.3) is 0 Å². The molecule has 22 heavy (non-hydrogen) atoms. The summed E-state index contributed by atoms with van der Waals surface area (Å²) in [5.74, 6) is 0.260. The Balaban J connectivity index is 1.54. The zero-order valence-corrected chi connectivity index (χ0v) is 14.0. The Bertz CT molecular complexity index is 516. The zero-order chi connectivity index (χ0) is 15.6. The van der Waals surface area contributed by atoms with E-state index in [1.165, 1.54) is 5.56 Å². The Hall–Kier alpha value is -1.06. The van der Waals surface area contributed by atoms with Crippen molar-refractivity contribution in [1.82, 2.24) is 10.6 Å². The van der Waals surface area contributed by atoms with Gasteiger partial charge >= 0.3 is 0 Å². The molecule has 1 amide bonds. The molecule has 120 valence electrons. The molecule has 0 atom stereocenters. The summed E-state index contributed by atoms with van der Waals surface area (Å²) in [6.45, 7) is 0. The third kappa shape index (κ3) is 3.64. The largest absolute Gasteiger partial charge is 0.353 e. The summed E-state index contributed by atoms with van der Waals surface area (Å²) in [5.41, 5.74) is 1.05. The van der Waals surface area contributed by atoms with Gasteiger partial charge in [0.25, 0.3) is 0 Å². The molecule has 4 heteroatoms. The van der Waals surface area contributed by atoms with Gasteiger partial charge in [0, 0.05) is 17.1 Å². The number of hydrogen-bond acceptors (Lipinski definition) is 2. The summed E-state index contributed by atoms with van der Waals surface area (Å²) in [5, 5.41) is 7.39. The first-order valence-corrected chi connectivity index (χ1v) is 8.72. The Morgan fingerprint density at radius 1 is 1.14 bits per heavy atom. The number of benzene rings is 1. The highest BCUT2D eigenvalue weighted by molar-refractivity contribution is 6.30. The Kier molecular flexibility index (Phi) is 4.74. The molecule has 0 aromatic heterocycles. The predicted octanol–water partition coefficient (Wildman–Crippen LogP) is 3.31. The van der Waals surface area contributed by atoms with Gasteiger partial charge in [-0.25, -0.2) is 0 Å². The average molecular weight is 321 g/mol. The molecule has 2 aliphatic rings. The summed E-state index contributed by atoms with van der Waals surface area (Å²) in [6, 6.07) is 8.87. The molecule has 2 N–H and O–H groups in total. The monoisotopic (exact) mass is 320 g/mol. The van der Waals surface area contributed by atoms with Gasteiger partial charge in [-0.15, -0.1) is 0 Å². The summed E-state index contributed by atoms with van der Waals surface area (Å²) >= 11 is 5.93. The van der Waals surface area contributed by atoms with Crippen molar-refractivity contribution in [2.24, 2.45) is 5.41 Å². The van der Waals surface area contributed by atoms with Crippen LogP contribution in [-0.2, 0) is 11.2 Å². The van der Waals surface area contributed by atoms with Crippen LogP contribution in [0.2, 0.25) is 5.02 Å². The number of carbonyl (C=O) groups excluding carboxylic acids is 1. The van der Waals surface area contributed by atoms with Crippen molar-refractivity contribution in [3.63, 3.8) is 0 Å². The van der Waals surface area contributed by atoms with E-state index < -0.39 is 0 Å². The quantitative estimate of drug-likeness (QED) is 0.874. The number of hydrogen-bond donors (Lipinski definition) is 2. The van der Waals surface area contributed by atoms with E-state index in [1.807, 2.05) is 31.3 Å². The van der Waals surface area contributed by atoms with E-state index in [-0.39, 0.29) is 11.3 Å². The lowest BCUT2D eigenvalue weighted by Gasteiger charge is -2.30. The second-order valence-corrected chi connectivity index (χ2v) is 7.33. The molecule has 2 aliphatic carbocycles. The van der Waals surface area contributed by atoms with Crippen molar-refractivity contribution in [2.75, 3.05) is 7.05 Å². The third-order valence-corrected chi connectivity index (χ3v) is 5.51. The van der Waals surface area contributed by atoms with Crippen LogP contribution in [0.3, 0.4) is 0 Å². The van der Waals surface area contributed by atoms with E-state index in [2.05, 4.69) is 10.6 Å². The van der Waals surface area contributed by atoms with E-state index in [9.17, 15) is 4.79 Å². The van der Waals surface area contributed by atoms with E-state index in [0.717, 1.165) is 50.0 Å². The minimum Gasteiger partial charge on any atom is -0.353 e. The Morgan fingerprint density at radius 3 is 2.27 bits per heavy atom. The molecule has 2 saturated carbocycles. The predicted molar refractivity (Wildman–Crippen MR) is 90.1 cm³/mol. The fourth-order valence-electron chi connectivity index (χ4n) is 3.49. The minimum atomic E-state index is -0.159. The fraction of sp³-hybridized carbons (Fsp3) is 0.611. The van der Waals surface area contributed by atoms with Gasteiger partial charge in [-0.1, -0.05) is 23.7 Å². The van der Waals surface area contributed by atoms with Gasteiger partial charge in [0.15, 0.2) is 0 Å². The maximum atomic E-state index is 12.7. The van der Waals surface area contributed by atoms with Gasteiger partial charge in [0.05, 0.1) is 5.41 Å². The second kappa shape index (κ2) is 6.59. The SMILES string of the molecule is CNC1CCC(NC(=O)C2(Cc3ccc(Cl)cc3)CC2)CC1. The van der Waals surface area contributed by atoms with Gasteiger partial charge in [-0.3, -0.25) is 4.79 Å². The molecule has 1 aromatic carbocycles. The van der Waals surface area contributed by atoms with E-state index in [1.54, 1.807) is 0 Å². The number of halogens is 1. The normalized spacial score (nSPS) is 26.5. The summed E-state index contributed by atoms with van der Waals surface area (Å²) in [7, 11) is 2.02. The smallest absolute Gasteiger partial charge is 0.226 e. The van der Waals surface area contributed by atoms with Crippen LogP contribution in [0.15, 0.2) is 24.3 Å². The van der Waals surface area contributed by atoms with Crippen molar-refractivity contribution >= 4 is 17.5 Å². The van der Waals surface area contributed by atoms with Crippen LogP contribution in [0.1, 0.15) is 44.1 Å². The lowest BCUT2D eigenvalue weighted by atomic mass is 9.89. The number of nitrogens with one attached hydrogen (secondary N) is 2. The highest BCUT2D eigenvalue weighted by atomic mass is 35.5. The molecule has 0 unspecified atom stereocenters. The highest BCUT2D eigenvalue weighted by Gasteiger charge is 2.50. The van der Waals surface area contributed by atoms with E-state index in [0.29, 0.717) is 12.1 Å². The van der Waals surface area contributed by atoms with Crippen LogP contribution in [0.4, 0.5) is 0 Å². The minimum absolute atomic E-state index is 0.159. The average Bonchev–Trinajstić information content (AvgIpc) is 3.31. The lowest BCUT2D eigenvalue weighted by Crippen LogP contribution is -2.44. The molecule has 1 aromatic rings. The molecule has 0 aliphatic heterocycles. The molecule has 2 fully saturated rings. The van der Waals surface area contributed by atoms with E-state index >= 15 is 0 Å². The van der Waals surface area contributed by atoms with Crippen molar-refractivity contribution < 1.29 is 4.79 Å². The van der Waals surface area contributed by atoms with Crippen molar-refractivity contribution in [3.05, 3.63) is 34.9 Å². The standard InChI is InChI=1S/C18H25ClN2O/c1-20-15-6-8-16(9-7-15)21-17(22)18(10-11-18)12-13-2-4-14(19)5-3-13/h2-5,15-16,20H,6-12H2,1H3,(H,21,22). The van der Waals surface area contributed by atoms with Crippen LogP contribution in [0.5, 0.6) is 0 Å². The molecule has 0 radical (unpaired) electrons. The molecule has 0 saturated heterocycles. The van der Waals surface area contributed by atoms with E-state index in [4.69, 9.17) is 11.6 Å². The van der Waals surface area contributed by atoms with Gasteiger partial charge in [0.2, 0.25) is 5.91 Å². The first-order valence-electron chi connectivity index (χ1n) is 8.34. The van der Waals surface area contributed by atoms with Crippen LogP contribution in [-0.4, -0.2) is 25.0 Å². The summed E-state index contributed by atoms with van der Waals surface area (Å²) < 4.78 is 0. The number of amides is 1. The van der Waals surface area contributed by atoms with Gasteiger partial charge in [0.1, 0.15) is 0 Å². The van der Waals surface area contributed by atoms with Gasteiger partial charge in [-0.05, 0) is 69.7 Å². The van der Waals surface area contributed by atoms with Crippen molar-refractivity contribution in [2.45, 2.75) is 57.0 Å². The van der Waals surface area contributed by atoms with Crippen LogP contribution >= 0.6 is 11.6 Å². The van der Waals surface area contributed by atoms with Gasteiger partial charge in [-0.2, -0.15) is 0 Å². The van der Waals surface area contributed by atoms with Crippen LogP contribution < -0.4 is 10.6 Å². The maximum absolute atomic E-state index is 12.7. The number of carbonyl (C=O) groups is 1. The third-order valence-electron chi connectivity index (χ3n) is 5.26. The lowest BCUT2D eigenvalue weighted by molar-refractivity contribution is -0.127. The Labute approximate surface area is 137 Å². The molecule has 3 nitrogen and oxygen atoms in total. The second-order valence-electron chi connectivity index (χ2n) is 6.89. The van der Waals surface area contributed by atoms with Crippen LogP contribution in [0, 0.1) is 5.41 Å². The maximum Gasteiger partial charge on any atom is 0.226 e. The topological polar surface area (TPSA) is 41.1 Å². The van der Waals surface area contributed by atoms with Crippen molar-refractivity contribution in [3.8, 4) is 0 Å². The van der Waals surface area contributed by atoms with Crippen molar-refractivity contribution in [1.29, 1.82) is 0 Å². The summed E-state index contributed by atoms with van der Waals surface area (Å²) in [4.78, 5) is 12.7. The molecule has 3 rings (SSSR count). The highest BCUT2D eigenvalue weighted by Crippen LogP contribution is 2.49. The molecule has 0 bridgehead atoms. The first-order chi connectivity index (χ1) is 10.6. The first kappa shape index (κ1) is 15.8. The molecular formula is C18H25ClN2O.